The van der Waals surface area contributed by atoms with Crippen molar-refractivity contribution in [2.45, 2.75) is 37.6 Å². The molecule has 1 aliphatic heterocycles. The fraction of sp³-hybridized carbons (Fsp3) is 0.267. The molecule has 1 fully saturated rings. The monoisotopic (exact) mass is 547 g/mol. The second-order valence-corrected chi connectivity index (χ2v) is 8.94. The van der Waals surface area contributed by atoms with Crippen LogP contribution >= 0.6 is 0 Å². The first-order valence-electron chi connectivity index (χ1n) is 12.6. The summed E-state index contributed by atoms with van der Waals surface area (Å²) < 4.78 is 28.7. The molecule has 208 valence electrons. The highest BCUT2D eigenvalue weighted by atomic mass is 16.7. The van der Waals surface area contributed by atoms with E-state index in [0.717, 1.165) is 0 Å². The number of nitrogens with one attached hydrogen (secondary N) is 1. The number of methoxy groups -OCH3 is 1. The normalized spacial score (nSPS) is 22.0. The van der Waals surface area contributed by atoms with Gasteiger partial charge in [-0.3, -0.25) is 4.79 Å². The average Bonchev–Trinajstić information content (AvgIpc) is 2.99. The summed E-state index contributed by atoms with van der Waals surface area (Å²) in [4.78, 5) is 51.1. The molecule has 40 heavy (non-hydrogen) atoms. The molecule has 0 spiro atoms. The van der Waals surface area contributed by atoms with E-state index in [-0.39, 0.29) is 17.7 Å². The van der Waals surface area contributed by atoms with E-state index < -0.39 is 54.5 Å². The molecule has 0 aliphatic carbocycles. The van der Waals surface area contributed by atoms with Crippen molar-refractivity contribution in [3.05, 3.63) is 108 Å². The number of hydrogen-bond donors (Lipinski definition) is 1. The SMILES string of the molecule is CO[C@@H]1OC(COC(=O)c2ccccc2)[C@H](OC(=O)c2ccccc2)[C@H](OC(=O)c2ccccc2)C1NC(C)=O. The summed E-state index contributed by atoms with van der Waals surface area (Å²) in [5.74, 6) is -2.54. The van der Waals surface area contributed by atoms with Crippen LogP contribution in [-0.2, 0) is 28.5 Å². The van der Waals surface area contributed by atoms with Crippen LogP contribution in [0.2, 0.25) is 0 Å². The number of rotatable bonds is 9. The second kappa shape index (κ2) is 13.5. The van der Waals surface area contributed by atoms with Crippen molar-refractivity contribution in [3.8, 4) is 0 Å². The lowest BCUT2D eigenvalue weighted by molar-refractivity contribution is -0.261. The van der Waals surface area contributed by atoms with Crippen LogP contribution in [0, 0.1) is 0 Å². The van der Waals surface area contributed by atoms with Gasteiger partial charge in [-0.05, 0) is 36.4 Å². The third-order valence-electron chi connectivity index (χ3n) is 6.14. The lowest BCUT2D eigenvalue weighted by atomic mass is 9.95. The quantitative estimate of drug-likeness (QED) is 0.317. The molecular formula is C30H29NO9. The maximum Gasteiger partial charge on any atom is 0.338 e. The molecule has 3 aromatic carbocycles. The molecule has 1 N–H and O–H groups in total. The van der Waals surface area contributed by atoms with E-state index >= 15 is 0 Å². The third-order valence-corrected chi connectivity index (χ3v) is 6.14. The minimum absolute atomic E-state index is 0.237. The Balaban J connectivity index is 1.67. The Morgan fingerprint density at radius 1 is 0.700 bits per heavy atom. The van der Waals surface area contributed by atoms with Gasteiger partial charge in [0.25, 0.3) is 0 Å². The lowest BCUT2D eigenvalue weighted by Gasteiger charge is -2.44. The zero-order chi connectivity index (χ0) is 28.5. The number of carbonyl (C=O) groups is 4. The average molecular weight is 548 g/mol. The molecule has 3 aromatic rings. The van der Waals surface area contributed by atoms with Gasteiger partial charge >= 0.3 is 17.9 Å². The van der Waals surface area contributed by atoms with Gasteiger partial charge in [-0.25, -0.2) is 14.4 Å². The summed E-state index contributed by atoms with van der Waals surface area (Å²) in [6, 6.07) is 23.7. The summed E-state index contributed by atoms with van der Waals surface area (Å²) in [6.45, 7) is 0.911. The van der Waals surface area contributed by atoms with E-state index in [4.69, 9.17) is 23.7 Å². The molecule has 10 nitrogen and oxygen atoms in total. The number of benzene rings is 3. The summed E-state index contributed by atoms with van der Waals surface area (Å²) in [5.41, 5.74) is 0.785. The van der Waals surface area contributed by atoms with E-state index in [1.54, 1.807) is 91.0 Å². The molecule has 1 heterocycles. The van der Waals surface area contributed by atoms with Crippen LogP contribution in [-0.4, -0.2) is 68.2 Å². The fourth-order valence-corrected chi connectivity index (χ4v) is 4.26. The minimum Gasteiger partial charge on any atom is -0.459 e. The molecule has 1 aliphatic rings. The molecule has 2 unspecified atom stereocenters. The topological polar surface area (TPSA) is 126 Å². The summed E-state index contributed by atoms with van der Waals surface area (Å²) in [5, 5.41) is 2.68. The summed E-state index contributed by atoms with van der Waals surface area (Å²) >= 11 is 0. The van der Waals surface area contributed by atoms with Crippen LogP contribution in [0.4, 0.5) is 0 Å². The maximum absolute atomic E-state index is 13.2. The third kappa shape index (κ3) is 7.10. The van der Waals surface area contributed by atoms with Crippen LogP contribution in [0.5, 0.6) is 0 Å². The van der Waals surface area contributed by atoms with Crippen LogP contribution < -0.4 is 5.32 Å². The molecule has 10 heteroatoms. The second-order valence-electron chi connectivity index (χ2n) is 8.94. The van der Waals surface area contributed by atoms with Gasteiger partial charge in [-0.1, -0.05) is 54.6 Å². The van der Waals surface area contributed by atoms with Crippen molar-refractivity contribution in [2.24, 2.45) is 0 Å². The predicted octanol–water partition coefficient (Wildman–Crippen LogP) is 3.17. The highest BCUT2D eigenvalue weighted by Gasteiger charge is 2.51. The Morgan fingerprint density at radius 3 is 1.60 bits per heavy atom. The Kier molecular flexibility index (Phi) is 9.61. The van der Waals surface area contributed by atoms with Crippen molar-refractivity contribution in [2.75, 3.05) is 13.7 Å². The number of amides is 1. The Hall–Kier alpha value is -4.54. The van der Waals surface area contributed by atoms with Crippen LogP contribution in [0.3, 0.4) is 0 Å². The minimum atomic E-state index is -1.30. The van der Waals surface area contributed by atoms with Crippen LogP contribution in [0.25, 0.3) is 0 Å². The van der Waals surface area contributed by atoms with E-state index in [1.165, 1.54) is 14.0 Å². The van der Waals surface area contributed by atoms with E-state index in [0.29, 0.717) is 5.56 Å². The fourth-order valence-electron chi connectivity index (χ4n) is 4.26. The van der Waals surface area contributed by atoms with Crippen molar-refractivity contribution < 1.29 is 42.9 Å². The first-order valence-corrected chi connectivity index (χ1v) is 12.6. The first-order chi connectivity index (χ1) is 19.4. The Bertz CT molecular complexity index is 1300. The van der Waals surface area contributed by atoms with Gasteiger partial charge in [0.15, 0.2) is 18.5 Å². The number of ether oxygens (including phenoxy) is 5. The molecule has 0 aromatic heterocycles. The number of esters is 3. The number of hydrogen-bond acceptors (Lipinski definition) is 9. The smallest absolute Gasteiger partial charge is 0.338 e. The summed E-state index contributed by atoms with van der Waals surface area (Å²) in [6.07, 6.45) is -4.83. The Morgan fingerprint density at radius 2 is 1.15 bits per heavy atom. The van der Waals surface area contributed by atoms with Gasteiger partial charge in [0.2, 0.25) is 5.91 Å². The lowest BCUT2D eigenvalue weighted by Crippen LogP contribution is -2.66. The van der Waals surface area contributed by atoms with Gasteiger partial charge in [0.1, 0.15) is 18.8 Å². The number of carbonyl (C=O) groups excluding carboxylic acids is 4. The predicted molar refractivity (Wildman–Crippen MR) is 141 cm³/mol. The molecule has 0 radical (unpaired) electrons. The maximum atomic E-state index is 13.2. The van der Waals surface area contributed by atoms with Gasteiger partial charge in [-0.15, -0.1) is 0 Å². The van der Waals surface area contributed by atoms with Crippen molar-refractivity contribution in [3.63, 3.8) is 0 Å². The largest absolute Gasteiger partial charge is 0.459 e. The van der Waals surface area contributed by atoms with Crippen molar-refractivity contribution in [1.82, 2.24) is 5.32 Å². The molecule has 0 bridgehead atoms. The molecule has 5 atom stereocenters. The Labute approximate surface area is 231 Å². The van der Waals surface area contributed by atoms with Gasteiger partial charge in [0.05, 0.1) is 16.7 Å². The molecule has 1 saturated heterocycles. The van der Waals surface area contributed by atoms with E-state index in [1.807, 2.05) is 0 Å². The van der Waals surface area contributed by atoms with Gasteiger partial charge in [0, 0.05) is 14.0 Å². The zero-order valence-corrected chi connectivity index (χ0v) is 21.9. The first kappa shape index (κ1) is 28.5. The van der Waals surface area contributed by atoms with Crippen LogP contribution in [0.1, 0.15) is 38.0 Å². The highest BCUT2D eigenvalue weighted by Crippen LogP contribution is 2.29. The highest BCUT2D eigenvalue weighted by molar-refractivity contribution is 5.91. The summed E-state index contributed by atoms with van der Waals surface area (Å²) in [7, 11) is 1.35. The molecule has 0 saturated carbocycles. The standard InChI is InChI=1S/C30H29NO9/c1-19(32)31-24-26(40-29(35)22-16-10-5-11-17-22)25(39-28(34)21-14-8-4-9-15-21)23(38-30(24)36-2)18-37-27(33)20-12-6-3-7-13-20/h3-17,23-26,30H,18H2,1-2H3,(H,31,32)/t23?,24?,25-,26+,30+/m0/s1. The van der Waals surface area contributed by atoms with Gasteiger partial charge in [-0.2, -0.15) is 0 Å². The van der Waals surface area contributed by atoms with Crippen molar-refractivity contribution in [1.29, 1.82) is 0 Å². The van der Waals surface area contributed by atoms with Crippen LogP contribution in [0.15, 0.2) is 91.0 Å². The van der Waals surface area contributed by atoms with E-state index in [9.17, 15) is 19.2 Å². The molecular weight excluding hydrogens is 518 g/mol. The molecule has 4 rings (SSSR count). The molecule has 1 amide bonds. The van der Waals surface area contributed by atoms with E-state index in [2.05, 4.69) is 5.32 Å². The zero-order valence-electron chi connectivity index (χ0n) is 21.9. The van der Waals surface area contributed by atoms with Crippen molar-refractivity contribution >= 4 is 23.8 Å². The van der Waals surface area contributed by atoms with Gasteiger partial charge < -0.3 is 29.0 Å².